The molecule has 2 amide bonds. The number of amides is 2. The van der Waals surface area contributed by atoms with E-state index in [2.05, 4.69) is 21.3 Å². The van der Waals surface area contributed by atoms with Crippen LogP contribution in [0, 0.1) is 0 Å². The van der Waals surface area contributed by atoms with Crippen LogP contribution in [0.5, 0.6) is 0 Å². The standard InChI is InChI=1S/C17H26N4O/c22-17(19-16-6-2-1-3-7-16)21-11-9-20(10-12-21)14-15-5-4-8-18-13-15/h4-5,8,13,16H,1-3,6-7,9-12,14H2,(H,19,22). The number of aromatic nitrogens is 1. The number of nitrogens with one attached hydrogen (secondary N) is 1. The molecule has 5 heteroatoms. The first-order valence-corrected chi connectivity index (χ1v) is 8.48. The Labute approximate surface area is 132 Å². The molecule has 2 fully saturated rings. The lowest BCUT2D eigenvalue weighted by Crippen LogP contribution is -2.53. The van der Waals surface area contributed by atoms with Crippen molar-refractivity contribution >= 4 is 6.03 Å². The van der Waals surface area contributed by atoms with Gasteiger partial charge in [-0.3, -0.25) is 9.88 Å². The van der Waals surface area contributed by atoms with Gasteiger partial charge in [0.05, 0.1) is 0 Å². The van der Waals surface area contributed by atoms with Crippen molar-refractivity contribution in [1.29, 1.82) is 0 Å². The maximum absolute atomic E-state index is 12.3. The van der Waals surface area contributed by atoms with Crippen LogP contribution in [0.1, 0.15) is 37.7 Å². The van der Waals surface area contributed by atoms with Crippen molar-refractivity contribution in [2.45, 2.75) is 44.7 Å². The highest BCUT2D eigenvalue weighted by atomic mass is 16.2. The highest BCUT2D eigenvalue weighted by Crippen LogP contribution is 2.18. The van der Waals surface area contributed by atoms with Crippen LogP contribution in [0.2, 0.25) is 0 Å². The highest BCUT2D eigenvalue weighted by molar-refractivity contribution is 5.74. The van der Waals surface area contributed by atoms with Gasteiger partial charge < -0.3 is 10.2 Å². The van der Waals surface area contributed by atoms with Gasteiger partial charge in [0.2, 0.25) is 0 Å². The molecular weight excluding hydrogens is 276 g/mol. The summed E-state index contributed by atoms with van der Waals surface area (Å²) in [4.78, 5) is 20.8. The zero-order chi connectivity index (χ0) is 15.2. The van der Waals surface area contributed by atoms with Gasteiger partial charge in [-0.05, 0) is 24.5 Å². The summed E-state index contributed by atoms with van der Waals surface area (Å²) in [7, 11) is 0. The third-order valence-electron chi connectivity index (χ3n) is 4.72. The van der Waals surface area contributed by atoms with Crippen LogP contribution >= 0.6 is 0 Å². The van der Waals surface area contributed by atoms with Crippen molar-refractivity contribution in [2.75, 3.05) is 26.2 Å². The van der Waals surface area contributed by atoms with Crippen LogP contribution in [0.15, 0.2) is 24.5 Å². The normalized spacial score (nSPS) is 20.8. The Morgan fingerprint density at radius 2 is 1.95 bits per heavy atom. The molecule has 0 atom stereocenters. The Morgan fingerprint density at radius 3 is 2.64 bits per heavy atom. The molecule has 5 nitrogen and oxygen atoms in total. The number of rotatable bonds is 3. The first-order chi connectivity index (χ1) is 10.8. The molecule has 0 aromatic carbocycles. The topological polar surface area (TPSA) is 48.5 Å². The summed E-state index contributed by atoms with van der Waals surface area (Å²) >= 11 is 0. The predicted molar refractivity (Wildman–Crippen MR) is 86.5 cm³/mol. The minimum absolute atomic E-state index is 0.132. The summed E-state index contributed by atoms with van der Waals surface area (Å²) in [5, 5.41) is 3.21. The molecular formula is C17H26N4O. The Balaban J connectivity index is 1.42. The summed E-state index contributed by atoms with van der Waals surface area (Å²) in [5.41, 5.74) is 1.24. The van der Waals surface area contributed by atoms with Gasteiger partial charge in [0.15, 0.2) is 0 Å². The number of piperazine rings is 1. The Hall–Kier alpha value is -1.62. The SMILES string of the molecule is O=C(NC1CCCCC1)N1CCN(Cc2cccnc2)CC1. The first-order valence-electron chi connectivity index (χ1n) is 8.48. The fourth-order valence-electron chi connectivity index (χ4n) is 3.37. The molecule has 2 aliphatic rings. The maximum atomic E-state index is 12.3. The lowest BCUT2D eigenvalue weighted by molar-refractivity contribution is 0.132. The van der Waals surface area contributed by atoms with Gasteiger partial charge in [-0.25, -0.2) is 4.79 Å². The quantitative estimate of drug-likeness (QED) is 0.931. The van der Waals surface area contributed by atoms with Crippen molar-refractivity contribution in [3.63, 3.8) is 0 Å². The Kier molecular flexibility index (Phi) is 5.27. The average molecular weight is 302 g/mol. The summed E-state index contributed by atoms with van der Waals surface area (Å²) in [6, 6.07) is 4.61. The molecule has 1 saturated heterocycles. The van der Waals surface area contributed by atoms with Crippen molar-refractivity contribution < 1.29 is 4.79 Å². The van der Waals surface area contributed by atoms with E-state index < -0.39 is 0 Å². The number of urea groups is 1. The summed E-state index contributed by atoms with van der Waals surface area (Å²) in [5.74, 6) is 0. The zero-order valence-corrected chi connectivity index (χ0v) is 13.2. The second-order valence-electron chi connectivity index (χ2n) is 6.41. The molecule has 0 radical (unpaired) electrons. The van der Waals surface area contributed by atoms with Crippen LogP contribution in [0.3, 0.4) is 0 Å². The highest BCUT2D eigenvalue weighted by Gasteiger charge is 2.23. The van der Waals surface area contributed by atoms with E-state index in [-0.39, 0.29) is 6.03 Å². The van der Waals surface area contributed by atoms with Crippen molar-refractivity contribution in [3.8, 4) is 0 Å². The molecule has 120 valence electrons. The van der Waals surface area contributed by atoms with E-state index in [1.807, 2.05) is 17.2 Å². The molecule has 0 spiro atoms. The molecule has 22 heavy (non-hydrogen) atoms. The molecule has 3 rings (SSSR count). The van der Waals surface area contributed by atoms with Gasteiger partial charge in [0.25, 0.3) is 0 Å². The summed E-state index contributed by atoms with van der Waals surface area (Å²) in [6.07, 6.45) is 9.84. The lowest BCUT2D eigenvalue weighted by atomic mass is 9.96. The van der Waals surface area contributed by atoms with Gasteiger partial charge in [0, 0.05) is 51.2 Å². The van der Waals surface area contributed by atoms with Crippen molar-refractivity contribution in [3.05, 3.63) is 30.1 Å². The smallest absolute Gasteiger partial charge is 0.317 e. The molecule has 1 aliphatic heterocycles. The van der Waals surface area contributed by atoms with E-state index in [1.54, 1.807) is 6.20 Å². The lowest BCUT2D eigenvalue weighted by Gasteiger charge is -2.36. The van der Waals surface area contributed by atoms with Crippen LogP contribution in [0.4, 0.5) is 4.79 Å². The van der Waals surface area contributed by atoms with Gasteiger partial charge in [0.1, 0.15) is 0 Å². The zero-order valence-electron chi connectivity index (χ0n) is 13.2. The fourth-order valence-corrected chi connectivity index (χ4v) is 3.37. The molecule has 1 saturated carbocycles. The Bertz CT molecular complexity index is 465. The van der Waals surface area contributed by atoms with Crippen LogP contribution in [0.25, 0.3) is 0 Å². The van der Waals surface area contributed by atoms with Crippen molar-refractivity contribution in [1.82, 2.24) is 20.1 Å². The van der Waals surface area contributed by atoms with E-state index in [1.165, 1.54) is 24.8 Å². The largest absolute Gasteiger partial charge is 0.335 e. The van der Waals surface area contributed by atoms with Crippen LogP contribution < -0.4 is 5.32 Å². The third-order valence-corrected chi connectivity index (χ3v) is 4.72. The third kappa shape index (κ3) is 4.19. The molecule has 1 aromatic rings. The van der Waals surface area contributed by atoms with E-state index >= 15 is 0 Å². The molecule has 1 aromatic heterocycles. The number of hydrogen-bond acceptors (Lipinski definition) is 3. The van der Waals surface area contributed by atoms with Crippen LogP contribution in [-0.2, 0) is 6.54 Å². The molecule has 2 heterocycles. The first kappa shape index (κ1) is 15.3. The summed E-state index contributed by atoms with van der Waals surface area (Å²) in [6.45, 7) is 4.43. The molecule has 0 bridgehead atoms. The number of nitrogens with zero attached hydrogens (tertiary/aromatic N) is 3. The number of pyridine rings is 1. The maximum Gasteiger partial charge on any atom is 0.317 e. The van der Waals surface area contributed by atoms with E-state index in [4.69, 9.17) is 0 Å². The second kappa shape index (κ2) is 7.58. The monoisotopic (exact) mass is 302 g/mol. The second-order valence-corrected chi connectivity index (χ2v) is 6.41. The molecule has 1 N–H and O–H groups in total. The van der Waals surface area contributed by atoms with Crippen molar-refractivity contribution in [2.24, 2.45) is 0 Å². The number of carbonyl (C=O) groups excluding carboxylic acids is 1. The predicted octanol–water partition coefficient (Wildman–Crippen LogP) is 2.24. The average Bonchev–Trinajstić information content (AvgIpc) is 2.57. The molecule has 1 aliphatic carbocycles. The van der Waals surface area contributed by atoms with Crippen LogP contribution in [-0.4, -0.2) is 53.0 Å². The Morgan fingerprint density at radius 1 is 1.18 bits per heavy atom. The van der Waals surface area contributed by atoms with Gasteiger partial charge in [-0.2, -0.15) is 0 Å². The number of carbonyl (C=O) groups is 1. The minimum Gasteiger partial charge on any atom is -0.335 e. The minimum atomic E-state index is 0.132. The van der Waals surface area contributed by atoms with Gasteiger partial charge in [-0.1, -0.05) is 25.3 Å². The van der Waals surface area contributed by atoms with Gasteiger partial charge in [-0.15, -0.1) is 0 Å². The molecule has 0 unspecified atom stereocenters. The van der Waals surface area contributed by atoms with Gasteiger partial charge >= 0.3 is 6.03 Å². The number of hydrogen-bond donors (Lipinski definition) is 1. The van der Waals surface area contributed by atoms with E-state index in [9.17, 15) is 4.79 Å². The van der Waals surface area contributed by atoms with E-state index in [0.717, 1.165) is 45.6 Å². The summed E-state index contributed by atoms with van der Waals surface area (Å²) < 4.78 is 0. The van der Waals surface area contributed by atoms with E-state index in [0.29, 0.717) is 6.04 Å². The fraction of sp³-hybridized carbons (Fsp3) is 0.647.